The van der Waals surface area contributed by atoms with E-state index < -0.39 is 0 Å². The largest absolute Gasteiger partial charge is 0.293 e. The number of hydrogen-bond acceptors (Lipinski definition) is 2. The Morgan fingerprint density at radius 3 is 3.00 bits per heavy atom. The molecule has 0 spiro atoms. The third kappa shape index (κ3) is 1.21. The predicted molar refractivity (Wildman–Crippen MR) is 56.2 cm³/mol. The summed E-state index contributed by atoms with van der Waals surface area (Å²) in [6.45, 7) is 0. The highest BCUT2D eigenvalue weighted by atomic mass is 16.1. The second-order valence-corrected chi connectivity index (χ2v) is 3.75. The van der Waals surface area contributed by atoms with Gasteiger partial charge in [-0.3, -0.25) is 9.89 Å². The van der Waals surface area contributed by atoms with E-state index in [1.54, 1.807) is 6.20 Å². The van der Waals surface area contributed by atoms with E-state index in [0.29, 0.717) is 5.82 Å². The maximum Gasteiger partial charge on any atom is 0.276 e. The smallest absolute Gasteiger partial charge is 0.276 e. The van der Waals surface area contributed by atoms with Crippen molar-refractivity contribution < 1.29 is 0 Å². The van der Waals surface area contributed by atoms with E-state index in [1.165, 1.54) is 4.68 Å². The number of fused-ring (bicyclic) bond motifs is 1. The molecule has 0 fully saturated rings. The third-order valence-corrected chi connectivity index (χ3v) is 2.80. The summed E-state index contributed by atoms with van der Waals surface area (Å²) in [4.78, 5) is 16.1. The number of rotatable bonds is 1. The lowest BCUT2D eigenvalue weighted by Crippen LogP contribution is -2.18. The van der Waals surface area contributed by atoms with Crippen LogP contribution in [-0.4, -0.2) is 14.8 Å². The Kier molecular flexibility index (Phi) is 1.74. The zero-order chi connectivity index (χ0) is 10.3. The van der Waals surface area contributed by atoms with Crippen LogP contribution in [0.3, 0.4) is 0 Å². The van der Waals surface area contributed by atoms with Crippen molar-refractivity contribution >= 4 is 0 Å². The average molecular weight is 201 g/mol. The summed E-state index contributed by atoms with van der Waals surface area (Å²) >= 11 is 0. The number of pyridine rings is 1. The summed E-state index contributed by atoms with van der Waals surface area (Å²) in [5.41, 5.74) is 2.06. The van der Waals surface area contributed by atoms with Gasteiger partial charge in [0.25, 0.3) is 5.56 Å². The fourth-order valence-electron chi connectivity index (χ4n) is 2.07. The number of nitrogens with one attached hydrogen (secondary N) is 1. The second kappa shape index (κ2) is 3.08. The molecule has 76 valence electrons. The number of aromatic nitrogens is 3. The van der Waals surface area contributed by atoms with Crippen molar-refractivity contribution in [3.8, 4) is 5.82 Å². The zero-order valence-electron chi connectivity index (χ0n) is 8.23. The van der Waals surface area contributed by atoms with E-state index >= 15 is 0 Å². The standard InChI is InChI=1S/C11H11N3O/c15-11-8-4-3-5-9(8)13-14(11)10-6-1-2-7-12-10/h1-2,6-7,13H,3-5H2. The van der Waals surface area contributed by atoms with E-state index in [0.717, 1.165) is 30.5 Å². The first-order valence-electron chi connectivity index (χ1n) is 5.10. The summed E-state index contributed by atoms with van der Waals surface area (Å²) in [5, 5.41) is 3.12. The topological polar surface area (TPSA) is 50.7 Å². The molecule has 0 saturated heterocycles. The van der Waals surface area contributed by atoms with Gasteiger partial charge in [0.15, 0.2) is 5.82 Å². The van der Waals surface area contributed by atoms with Crippen molar-refractivity contribution in [2.24, 2.45) is 0 Å². The molecule has 3 rings (SSSR count). The lowest BCUT2D eigenvalue weighted by Gasteiger charge is -1.99. The van der Waals surface area contributed by atoms with Gasteiger partial charge >= 0.3 is 0 Å². The predicted octanol–water partition coefficient (Wildman–Crippen LogP) is 1.05. The number of aryl methyl sites for hydroxylation is 1. The third-order valence-electron chi connectivity index (χ3n) is 2.80. The van der Waals surface area contributed by atoms with Gasteiger partial charge in [0, 0.05) is 17.5 Å². The van der Waals surface area contributed by atoms with E-state index in [2.05, 4.69) is 10.1 Å². The molecule has 0 saturated carbocycles. The number of hydrogen-bond donors (Lipinski definition) is 1. The van der Waals surface area contributed by atoms with Crippen LogP contribution in [0, 0.1) is 0 Å². The van der Waals surface area contributed by atoms with Crippen LogP contribution in [0.25, 0.3) is 5.82 Å². The molecule has 4 nitrogen and oxygen atoms in total. The molecule has 1 aliphatic carbocycles. The van der Waals surface area contributed by atoms with Gasteiger partial charge in [-0.15, -0.1) is 0 Å². The Hall–Kier alpha value is -1.84. The van der Waals surface area contributed by atoms with Gasteiger partial charge in [-0.2, -0.15) is 0 Å². The highest BCUT2D eigenvalue weighted by molar-refractivity contribution is 5.28. The van der Waals surface area contributed by atoms with Crippen LogP contribution < -0.4 is 5.56 Å². The molecule has 0 atom stereocenters. The van der Waals surface area contributed by atoms with Crippen molar-refractivity contribution in [1.29, 1.82) is 0 Å². The summed E-state index contributed by atoms with van der Waals surface area (Å²) < 4.78 is 1.53. The van der Waals surface area contributed by atoms with Gasteiger partial charge in [-0.25, -0.2) is 9.67 Å². The summed E-state index contributed by atoms with van der Waals surface area (Å²) in [6, 6.07) is 5.54. The molecular weight excluding hydrogens is 190 g/mol. The van der Waals surface area contributed by atoms with Gasteiger partial charge in [0.2, 0.25) is 0 Å². The van der Waals surface area contributed by atoms with E-state index in [9.17, 15) is 4.79 Å². The molecule has 0 aliphatic heterocycles. The molecule has 1 N–H and O–H groups in total. The summed E-state index contributed by atoms with van der Waals surface area (Å²) in [5.74, 6) is 0.664. The van der Waals surface area contributed by atoms with Crippen molar-refractivity contribution in [3.05, 3.63) is 46.0 Å². The molecule has 4 heteroatoms. The van der Waals surface area contributed by atoms with Crippen molar-refractivity contribution in [2.45, 2.75) is 19.3 Å². The maximum atomic E-state index is 12.0. The second-order valence-electron chi connectivity index (χ2n) is 3.75. The molecule has 2 aromatic heterocycles. The van der Waals surface area contributed by atoms with Gasteiger partial charge in [0.05, 0.1) is 0 Å². The van der Waals surface area contributed by atoms with E-state index in [4.69, 9.17) is 0 Å². The van der Waals surface area contributed by atoms with Crippen LogP contribution in [0.15, 0.2) is 29.2 Å². The van der Waals surface area contributed by atoms with Crippen LogP contribution in [0.5, 0.6) is 0 Å². The minimum absolute atomic E-state index is 0.0567. The fourth-order valence-corrected chi connectivity index (χ4v) is 2.07. The van der Waals surface area contributed by atoms with Crippen molar-refractivity contribution in [2.75, 3.05) is 0 Å². The molecule has 0 amide bonds. The van der Waals surface area contributed by atoms with E-state index in [1.807, 2.05) is 18.2 Å². The van der Waals surface area contributed by atoms with Crippen molar-refractivity contribution in [1.82, 2.24) is 14.8 Å². The van der Waals surface area contributed by atoms with Crippen molar-refractivity contribution in [3.63, 3.8) is 0 Å². The molecule has 0 radical (unpaired) electrons. The first-order valence-corrected chi connectivity index (χ1v) is 5.10. The molecule has 1 aliphatic rings. The van der Waals surface area contributed by atoms with Crippen LogP contribution in [0.1, 0.15) is 17.7 Å². The van der Waals surface area contributed by atoms with Gasteiger partial charge in [-0.05, 0) is 31.4 Å². The minimum Gasteiger partial charge on any atom is -0.293 e. The lowest BCUT2D eigenvalue weighted by molar-refractivity contribution is 0.763. The summed E-state index contributed by atoms with van der Waals surface area (Å²) in [6.07, 6.45) is 4.64. The summed E-state index contributed by atoms with van der Waals surface area (Å²) in [7, 11) is 0. The first kappa shape index (κ1) is 8.47. The number of aromatic amines is 1. The average Bonchev–Trinajstić information content (AvgIpc) is 2.83. The van der Waals surface area contributed by atoms with Crippen LogP contribution >= 0.6 is 0 Å². The molecule has 0 aromatic carbocycles. The van der Waals surface area contributed by atoms with Gasteiger partial charge in [-0.1, -0.05) is 6.07 Å². The van der Waals surface area contributed by atoms with Crippen LogP contribution in [0.2, 0.25) is 0 Å². The molecular formula is C11H11N3O. The molecule has 0 unspecified atom stereocenters. The lowest BCUT2D eigenvalue weighted by atomic mass is 10.3. The fraction of sp³-hybridized carbons (Fsp3) is 0.273. The molecule has 2 heterocycles. The van der Waals surface area contributed by atoms with Gasteiger partial charge in [0.1, 0.15) is 0 Å². The van der Waals surface area contributed by atoms with E-state index in [-0.39, 0.29) is 5.56 Å². The van der Waals surface area contributed by atoms with Crippen LogP contribution in [0.4, 0.5) is 0 Å². The monoisotopic (exact) mass is 201 g/mol. The quantitative estimate of drug-likeness (QED) is 0.749. The number of H-pyrrole nitrogens is 1. The SMILES string of the molecule is O=c1c2c([nH]n1-c1ccccn1)CCC2. The minimum atomic E-state index is 0.0567. The Labute approximate surface area is 86.6 Å². The normalized spacial score (nSPS) is 14.1. The van der Waals surface area contributed by atoms with Crippen LogP contribution in [-0.2, 0) is 12.8 Å². The molecule has 0 bridgehead atoms. The highest BCUT2D eigenvalue weighted by Gasteiger charge is 2.19. The Bertz CT molecular complexity index is 539. The molecule has 2 aromatic rings. The van der Waals surface area contributed by atoms with Gasteiger partial charge < -0.3 is 0 Å². The molecule has 15 heavy (non-hydrogen) atoms. The number of nitrogens with zero attached hydrogens (tertiary/aromatic N) is 2. The zero-order valence-corrected chi connectivity index (χ0v) is 8.23. The highest BCUT2D eigenvalue weighted by Crippen LogP contribution is 2.16. The first-order chi connectivity index (χ1) is 7.36. The Morgan fingerprint density at radius 2 is 2.27 bits per heavy atom. The Morgan fingerprint density at radius 1 is 1.33 bits per heavy atom. The maximum absolute atomic E-state index is 12.0. The Balaban J connectivity index is 2.19.